The van der Waals surface area contributed by atoms with Crippen LogP contribution >= 0.6 is 11.6 Å². The minimum absolute atomic E-state index is 0.00936. The lowest BCUT2D eigenvalue weighted by molar-refractivity contribution is 0.0762. The van der Waals surface area contributed by atoms with Crippen LogP contribution in [0.4, 0.5) is 5.69 Å². The van der Waals surface area contributed by atoms with Gasteiger partial charge in [0.1, 0.15) is 5.75 Å². The van der Waals surface area contributed by atoms with Gasteiger partial charge in [0, 0.05) is 20.1 Å². The molecule has 2 rings (SSSR count). The van der Waals surface area contributed by atoms with E-state index >= 15 is 0 Å². The van der Waals surface area contributed by atoms with Crippen molar-refractivity contribution in [2.45, 2.75) is 31.6 Å². The van der Waals surface area contributed by atoms with Gasteiger partial charge in [-0.3, -0.25) is 9.10 Å². The highest BCUT2D eigenvalue weighted by atomic mass is 35.5. The lowest BCUT2D eigenvalue weighted by atomic mass is 10.2. The molecular formula is C21H27ClN2O4S. The first-order valence-electron chi connectivity index (χ1n) is 9.48. The van der Waals surface area contributed by atoms with E-state index in [4.69, 9.17) is 16.3 Å². The van der Waals surface area contributed by atoms with Crippen LogP contribution in [0.5, 0.6) is 5.75 Å². The fourth-order valence-corrected chi connectivity index (χ4v) is 4.26. The topological polar surface area (TPSA) is 66.9 Å². The Morgan fingerprint density at radius 3 is 2.31 bits per heavy atom. The van der Waals surface area contributed by atoms with Crippen LogP contribution in [0.2, 0.25) is 5.02 Å². The third-order valence-corrected chi connectivity index (χ3v) is 6.82. The molecule has 6 nitrogen and oxygen atoms in total. The molecule has 0 heterocycles. The quantitative estimate of drug-likeness (QED) is 0.580. The number of halogens is 1. The van der Waals surface area contributed by atoms with E-state index in [9.17, 15) is 13.2 Å². The average molecular weight is 439 g/mol. The van der Waals surface area contributed by atoms with Crippen molar-refractivity contribution in [1.82, 2.24) is 4.90 Å². The summed E-state index contributed by atoms with van der Waals surface area (Å²) in [5, 5.41) is 0.232. The van der Waals surface area contributed by atoms with E-state index in [0.717, 1.165) is 12.8 Å². The van der Waals surface area contributed by atoms with Gasteiger partial charge in [-0.2, -0.15) is 0 Å². The molecule has 0 aliphatic rings. The number of rotatable bonds is 9. The number of hydrogen-bond donors (Lipinski definition) is 0. The summed E-state index contributed by atoms with van der Waals surface area (Å²) in [5.74, 6) is 0.362. The Morgan fingerprint density at radius 2 is 1.76 bits per heavy atom. The number of unbranched alkanes of at least 4 members (excludes halogenated alkanes) is 1. The molecule has 0 unspecified atom stereocenters. The van der Waals surface area contributed by atoms with Gasteiger partial charge in [0.15, 0.2) is 0 Å². The molecule has 0 radical (unpaired) electrons. The number of anilines is 1. The van der Waals surface area contributed by atoms with Crippen LogP contribution in [0.25, 0.3) is 0 Å². The van der Waals surface area contributed by atoms with Crippen molar-refractivity contribution in [3.05, 3.63) is 53.1 Å². The standard InChI is InChI=1S/C21H27ClN2O4S/c1-5-7-14-24(6-2)21(25)19-15-18(12-13-20(19)22)29(26,27)23(3)16-8-10-17(28-4)11-9-16/h8-13,15H,5-7,14H2,1-4H3. The highest BCUT2D eigenvalue weighted by Crippen LogP contribution is 2.27. The monoisotopic (exact) mass is 438 g/mol. The van der Waals surface area contributed by atoms with E-state index in [1.165, 1.54) is 29.6 Å². The van der Waals surface area contributed by atoms with Crippen molar-refractivity contribution in [3.8, 4) is 5.75 Å². The fourth-order valence-electron chi connectivity index (χ4n) is 2.84. The summed E-state index contributed by atoms with van der Waals surface area (Å²) < 4.78 is 32.5. The molecular weight excluding hydrogens is 412 g/mol. The summed E-state index contributed by atoms with van der Waals surface area (Å²) in [6, 6.07) is 10.9. The highest BCUT2D eigenvalue weighted by molar-refractivity contribution is 7.92. The number of amides is 1. The molecule has 0 N–H and O–H groups in total. The largest absolute Gasteiger partial charge is 0.497 e. The first kappa shape index (κ1) is 23.0. The maximum Gasteiger partial charge on any atom is 0.264 e. The Kier molecular flexibility index (Phi) is 7.93. The van der Waals surface area contributed by atoms with Gasteiger partial charge < -0.3 is 9.64 Å². The molecule has 158 valence electrons. The van der Waals surface area contributed by atoms with Gasteiger partial charge >= 0.3 is 0 Å². The zero-order valence-corrected chi connectivity index (χ0v) is 18.8. The first-order valence-corrected chi connectivity index (χ1v) is 11.3. The molecule has 2 aromatic carbocycles. The van der Waals surface area contributed by atoms with Crippen molar-refractivity contribution in [2.24, 2.45) is 0 Å². The molecule has 0 bridgehead atoms. The van der Waals surface area contributed by atoms with Crippen molar-refractivity contribution < 1.29 is 17.9 Å². The van der Waals surface area contributed by atoms with E-state index in [1.807, 2.05) is 13.8 Å². The number of methoxy groups -OCH3 is 1. The normalized spacial score (nSPS) is 11.2. The van der Waals surface area contributed by atoms with Crippen LogP contribution in [0.3, 0.4) is 0 Å². The number of carbonyl (C=O) groups excluding carboxylic acids is 1. The SMILES string of the molecule is CCCCN(CC)C(=O)c1cc(S(=O)(=O)N(C)c2ccc(OC)cc2)ccc1Cl. The predicted octanol–water partition coefficient (Wildman–Crippen LogP) is 4.44. The van der Waals surface area contributed by atoms with Crippen LogP contribution in [0.15, 0.2) is 47.4 Å². The molecule has 0 spiro atoms. The summed E-state index contributed by atoms with van der Waals surface area (Å²) in [5.41, 5.74) is 0.667. The Labute approximate surface area is 178 Å². The van der Waals surface area contributed by atoms with Crippen molar-refractivity contribution >= 4 is 33.2 Å². The minimum Gasteiger partial charge on any atom is -0.497 e. The summed E-state index contributed by atoms with van der Waals surface area (Å²) in [4.78, 5) is 14.6. The molecule has 0 aliphatic carbocycles. The average Bonchev–Trinajstić information content (AvgIpc) is 2.73. The molecule has 0 aliphatic heterocycles. The van der Waals surface area contributed by atoms with Gasteiger partial charge in [0.25, 0.3) is 15.9 Å². The van der Waals surface area contributed by atoms with Crippen molar-refractivity contribution in [2.75, 3.05) is 31.6 Å². The number of sulfonamides is 1. The van der Waals surface area contributed by atoms with Crippen LogP contribution < -0.4 is 9.04 Å². The second-order valence-corrected chi connectivity index (χ2v) is 8.93. The third kappa shape index (κ3) is 5.22. The summed E-state index contributed by atoms with van der Waals surface area (Å²) in [6.45, 7) is 5.07. The number of nitrogens with zero attached hydrogens (tertiary/aromatic N) is 2. The second kappa shape index (κ2) is 9.98. The molecule has 0 atom stereocenters. The number of carbonyl (C=O) groups is 1. The molecule has 1 amide bonds. The molecule has 0 saturated carbocycles. The Bertz CT molecular complexity index is 946. The van der Waals surface area contributed by atoms with Crippen LogP contribution in [-0.4, -0.2) is 46.5 Å². The second-order valence-electron chi connectivity index (χ2n) is 6.55. The molecule has 2 aromatic rings. The summed E-state index contributed by atoms with van der Waals surface area (Å²) in [6.07, 6.45) is 1.83. The summed E-state index contributed by atoms with van der Waals surface area (Å²) >= 11 is 6.24. The van der Waals surface area contributed by atoms with Gasteiger partial charge in [-0.25, -0.2) is 8.42 Å². The van der Waals surface area contributed by atoms with Gasteiger partial charge in [-0.05, 0) is 55.8 Å². The van der Waals surface area contributed by atoms with Gasteiger partial charge in [-0.1, -0.05) is 24.9 Å². The van der Waals surface area contributed by atoms with E-state index in [-0.39, 0.29) is 21.4 Å². The molecule has 0 aromatic heterocycles. The van der Waals surface area contributed by atoms with Crippen molar-refractivity contribution in [3.63, 3.8) is 0 Å². The van der Waals surface area contributed by atoms with E-state index in [0.29, 0.717) is 24.5 Å². The molecule has 8 heteroatoms. The zero-order valence-electron chi connectivity index (χ0n) is 17.2. The lowest BCUT2D eigenvalue weighted by Gasteiger charge is -2.23. The number of benzene rings is 2. The summed E-state index contributed by atoms with van der Waals surface area (Å²) in [7, 11) is -0.862. The smallest absolute Gasteiger partial charge is 0.264 e. The number of hydrogen-bond acceptors (Lipinski definition) is 4. The van der Waals surface area contributed by atoms with Crippen LogP contribution in [-0.2, 0) is 10.0 Å². The molecule has 29 heavy (non-hydrogen) atoms. The highest BCUT2D eigenvalue weighted by Gasteiger charge is 2.25. The van der Waals surface area contributed by atoms with Crippen LogP contribution in [0.1, 0.15) is 37.0 Å². The predicted molar refractivity (Wildman–Crippen MR) is 117 cm³/mol. The molecule has 0 saturated heterocycles. The Balaban J connectivity index is 2.38. The lowest BCUT2D eigenvalue weighted by Crippen LogP contribution is -2.32. The van der Waals surface area contributed by atoms with Crippen LogP contribution in [0, 0.1) is 0 Å². The van der Waals surface area contributed by atoms with E-state index < -0.39 is 10.0 Å². The van der Waals surface area contributed by atoms with E-state index in [2.05, 4.69) is 0 Å². The first-order chi connectivity index (χ1) is 13.8. The Morgan fingerprint density at radius 1 is 1.10 bits per heavy atom. The van der Waals surface area contributed by atoms with Gasteiger partial charge in [0.05, 0.1) is 28.3 Å². The third-order valence-electron chi connectivity index (χ3n) is 4.71. The minimum atomic E-state index is -3.87. The number of ether oxygens (including phenoxy) is 1. The Hall–Kier alpha value is -2.25. The van der Waals surface area contributed by atoms with Gasteiger partial charge in [0.2, 0.25) is 0 Å². The maximum atomic E-state index is 13.1. The van der Waals surface area contributed by atoms with E-state index in [1.54, 1.807) is 36.3 Å². The van der Waals surface area contributed by atoms with Crippen molar-refractivity contribution in [1.29, 1.82) is 0 Å². The molecule has 0 fully saturated rings. The van der Waals surface area contributed by atoms with Gasteiger partial charge in [-0.15, -0.1) is 0 Å². The fraction of sp³-hybridized carbons (Fsp3) is 0.381. The maximum absolute atomic E-state index is 13.1. The zero-order chi connectivity index (χ0) is 21.6.